The molecular weight excluding hydrogens is 384 g/mol. The van der Waals surface area contributed by atoms with Crippen LogP contribution in [0.1, 0.15) is 52.9 Å². The number of nitrogens with zero attached hydrogens (tertiary/aromatic N) is 2. The molecule has 4 unspecified atom stereocenters. The number of ketones is 1. The highest BCUT2D eigenvalue weighted by Crippen LogP contribution is 2.64. The van der Waals surface area contributed by atoms with Crippen LogP contribution in [0.25, 0.3) is 0 Å². The Kier molecular flexibility index (Phi) is 5.26. The maximum absolute atomic E-state index is 12.9. The van der Waals surface area contributed by atoms with Crippen LogP contribution < -0.4 is 0 Å². The smallest absolute Gasteiger partial charge is 0.289 e. The molecule has 2 amide bonds. The lowest BCUT2D eigenvalue weighted by atomic mass is 9.70. The van der Waals surface area contributed by atoms with Crippen molar-refractivity contribution in [3.8, 4) is 0 Å². The summed E-state index contributed by atoms with van der Waals surface area (Å²) in [6.45, 7) is 5.75. The van der Waals surface area contributed by atoms with Crippen LogP contribution in [0, 0.1) is 22.7 Å². The molecule has 9 heteroatoms. The molecule has 3 aliphatic rings. The summed E-state index contributed by atoms with van der Waals surface area (Å²) in [5.41, 5.74) is -1.46. The van der Waals surface area contributed by atoms with Crippen LogP contribution >= 0.6 is 0 Å². The van der Waals surface area contributed by atoms with Gasteiger partial charge in [-0.25, -0.2) is 0 Å². The fourth-order valence-corrected chi connectivity index (χ4v) is 7.19. The van der Waals surface area contributed by atoms with Gasteiger partial charge in [0.2, 0.25) is 0 Å². The van der Waals surface area contributed by atoms with E-state index in [0.29, 0.717) is 30.7 Å². The Morgan fingerprint density at radius 2 is 1.82 bits per heavy atom. The van der Waals surface area contributed by atoms with Crippen molar-refractivity contribution in [3.63, 3.8) is 0 Å². The van der Waals surface area contributed by atoms with E-state index in [4.69, 9.17) is 4.28 Å². The highest BCUT2D eigenvalue weighted by Gasteiger charge is 2.66. The standard InChI is InChI=1S/C19H30N2O6S/c1-6-7-13-15(20(4)5)17(24)21(16(13)23)27-28(25,26)11-19-9-8-12(10-14(19)22)18(19,2)3/h12-13,15H,6-11H2,1-5H3. The molecule has 0 aromatic carbocycles. The number of hydrogen-bond acceptors (Lipinski definition) is 7. The van der Waals surface area contributed by atoms with Crippen molar-refractivity contribution in [1.29, 1.82) is 0 Å². The average Bonchev–Trinajstić information content (AvgIpc) is 3.02. The molecule has 0 aromatic rings. The molecule has 1 aliphatic heterocycles. The highest BCUT2D eigenvalue weighted by atomic mass is 32.2. The van der Waals surface area contributed by atoms with Gasteiger partial charge >= 0.3 is 0 Å². The van der Waals surface area contributed by atoms with Gasteiger partial charge < -0.3 is 0 Å². The van der Waals surface area contributed by atoms with E-state index in [1.165, 1.54) is 0 Å². The minimum atomic E-state index is -4.30. The Morgan fingerprint density at radius 1 is 1.18 bits per heavy atom. The summed E-state index contributed by atoms with van der Waals surface area (Å²) >= 11 is 0. The number of imide groups is 1. The van der Waals surface area contributed by atoms with E-state index >= 15 is 0 Å². The van der Waals surface area contributed by atoms with Crippen molar-refractivity contribution in [2.24, 2.45) is 22.7 Å². The fourth-order valence-electron chi connectivity index (χ4n) is 5.48. The van der Waals surface area contributed by atoms with Crippen molar-refractivity contribution in [1.82, 2.24) is 9.96 Å². The van der Waals surface area contributed by atoms with Gasteiger partial charge in [-0.1, -0.05) is 27.2 Å². The number of Topliss-reactive ketones (excluding diaryl/α,β-unsaturated/α-hetero) is 1. The predicted molar refractivity (Wildman–Crippen MR) is 101 cm³/mol. The molecule has 0 radical (unpaired) electrons. The average molecular weight is 415 g/mol. The zero-order chi connectivity index (χ0) is 21.1. The van der Waals surface area contributed by atoms with Gasteiger partial charge in [0.05, 0.1) is 17.1 Å². The number of rotatable bonds is 7. The van der Waals surface area contributed by atoms with Crippen LogP contribution in [0.3, 0.4) is 0 Å². The van der Waals surface area contributed by atoms with Crippen LogP contribution in [-0.2, 0) is 28.8 Å². The van der Waals surface area contributed by atoms with Crippen molar-refractivity contribution in [2.75, 3.05) is 19.8 Å². The van der Waals surface area contributed by atoms with Crippen LogP contribution in [-0.4, -0.2) is 61.9 Å². The molecule has 0 spiro atoms. The first-order chi connectivity index (χ1) is 12.9. The summed E-state index contributed by atoms with van der Waals surface area (Å²) < 4.78 is 30.8. The minimum absolute atomic E-state index is 0.0602. The molecule has 28 heavy (non-hydrogen) atoms. The molecule has 2 aliphatic carbocycles. The van der Waals surface area contributed by atoms with Crippen LogP contribution in [0.15, 0.2) is 0 Å². The maximum atomic E-state index is 12.9. The Labute approximate surface area is 166 Å². The maximum Gasteiger partial charge on any atom is 0.289 e. The summed E-state index contributed by atoms with van der Waals surface area (Å²) in [5, 5.41) is 0.413. The Bertz CT molecular complexity index is 805. The summed E-state index contributed by atoms with van der Waals surface area (Å²) in [5.74, 6) is -2.33. The first kappa shape index (κ1) is 21.4. The van der Waals surface area contributed by atoms with E-state index in [9.17, 15) is 22.8 Å². The second-order valence-electron chi connectivity index (χ2n) is 9.22. The third kappa shape index (κ3) is 3.02. The lowest BCUT2D eigenvalue weighted by Crippen LogP contribution is -2.45. The zero-order valence-corrected chi connectivity index (χ0v) is 18.0. The number of carbonyl (C=O) groups is 3. The number of hydroxylamine groups is 2. The molecule has 3 rings (SSSR count). The minimum Gasteiger partial charge on any atom is -0.299 e. The summed E-state index contributed by atoms with van der Waals surface area (Å²) in [6, 6.07) is -0.749. The van der Waals surface area contributed by atoms with Crippen molar-refractivity contribution >= 4 is 27.7 Å². The van der Waals surface area contributed by atoms with E-state index < -0.39 is 50.5 Å². The normalized spacial score (nSPS) is 34.9. The number of carbonyl (C=O) groups excluding carboxylic acids is 3. The summed E-state index contributed by atoms with van der Waals surface area (Å²) in [4.78, 5) is 39.7. The molecule has 1 saturated heterocycles. The van der Waals surface area contributed by atoms with Gasteiger partial charge in [-0.2, -0.15) is 8.42 Å². The SMILES string of the molecule is CCCC1C(=O)N(OS(=O)(=O)CC23CCC(CC2=O)C3(C)C)C(=O)C1N(C)C. The van der Waals surface area contributed by atoms with E-state index in [2.05, 4.69) is 0 Å². The third-order valence-corrected chi connectivity index (χ3v) is 8.48. The van der Waals surface area contributed by atoms with Gasteiger partial charge in [0.15, 0.2) is 0 Å². The van der Waals surface area contributed by atoms with Gasteiger partial charge in [-0.3, -0.25) is 19.3 Å². The van der Waals surface area contributed by atoms with Crippen molar-refractivity contribution in [2.45, 2.75) is 58.9 Å². The molecule has 4 atom stereocenters. The van der Waals surface area contributed by atoms with E-state index in [1.54, 1.807) is 19.0 Å². The number of fused-ring (bicyclic) bond motifs is 2. The van der Waals surface area contributed by atoms with Crippen LogP contribution in [0.5, 0.6) is 0 Å². The molecule has 3 fully saturated rings. The Morgan fingerprint density at radius 3 is 2.29 bits per heavy atom. The van der Waals surface area contributed by atoms with E-state index in [1.807, 2.05) is 20.8 Å². The van der Waals surface area contributed by atoms with Gasteiger partial charge in [-0.15, -0.1) is 9.35 Å². The predicted octanol–water partition coefficient (Wildman–Crippen LogP) is 1.36. The fraction of sp³-hybridized carbons (Fsp3) is 0.842. The Balaban J connectivity index is 1.84. The highest BCUT2D eigenvalue weighted by molar-refractivity contribution is 7.86. The second kappa shape index (κ2) is 6.88. The van der Waals surface area contributed by atoms with Gasteiger partial charge in [0.1, 0.15) is 11.8 Å². The first-order valence-electron chi connectivity index (χ1n) is 9.88. The molecule has 8 nitrogen and oxygen atoms in total. The number of likely N-dealkylation sites (N-methyl/N-ethyl adjacent to an activating group) is 1. The largest absolute Gasteiger partial charge is 0.299 e. The molecular formula is C19H30N2O6S. The Hall–Kier alpha value is -1.32. The zero-order valence-electron chi connectivity index (χ0n) is 17.2. The van der Waals surface area contributed by atoms with E-state index in [-0.39, 0.29) is 11.7 Å². The molecule has 158 valence electrons. The lowest BCUT2D eigenvalue weighted by molar-refractivity contribution is -0.165. The van der Waals surface area contributed by atoms with Crippen LogP contribution in [0.2, 0.25) is 0 Å². The second-order valence-corrected chi connectivity index (χ2v) is 10.8. The molecule has 0 aromatic heterocycles. The molecule has 0 N–H and O–H groups in total. The van der Waals surface area contributed by atoms with Gasteiger partial charge in [-0.05, 0) is 44.7 Å². The summed E-state index contributed by atoms with van der Waals surface area (Å²) in [7, 11) is -0.956. The van der Waals surface area contributed by atoms with E-state index in [0.717, 1.165) is 6.42 Å². The third-order valence-electron chi connectivity index (χ3n) is 7.26. The molecule has 2 saturated carbocycles. The van der Waals surface area contributed by atoms with Crippen LogP contribution in [0.4, 0.5) is 0 Å². The summed E-state index contributed by atoms with van der Waals surface area (Å²) in [6.07, 6.45) is 2.82. The molecule has 1 heterocycles. The first-order valence-corrected chi connectivity index (χ1v) is 11.5. The number of amides is 2. The van der Waals surface area contributed by atoms with Crippen molar-refractivity contribution < 1.29 is 27.1 Å². The lowest BCUT2D eigenvalue weighted by Gasteiger charge is -2.35. The van der Waals surface area contributed by atoms with Crippen molar-refractivity contribution in [3.05, 3.63) is 0 Å². The quantitative estimate of drug-likeness (QED) is 0.580. The number of hydrogen-bond donors (Lipinski definition) is 0. The monoisotopic (exact) mass is 414 g/mol. The van der Waals surface area contributed by atoms with Gasteiger partial charge in [0.25, 0.3) is 21.9 Å². The topological polar surface area (TPSA) is 101 Å². The van der Waals surface area contributed by atoms with Gasteiger partial charge in [0, 0.05) is 6.42 Å². The molecule has 2 bridgehead atoms.